The van der Waals surface area contributed by atoms with Crippen molar-refractivity contribution < 1.29 is 4.79 Å². The number of anilines is 1. The summed E-state index contributed by atoms with van der Waals surface area (Å²) in [5, 5.41) is 16.7. The number of piperazine rings is 1. The molecular formula is C25H26ClN7O. The maximum Gasteiger partial charge on any atom is 0.321 e. The lowest BCUT2D eigenvalue weighted by atomic mass is 10.00. The van der Waals surface area contributed by atoms with Crippen LogP contribution in [-0.2, 0) is 0 Å². The van der Waals surface area contributed by atoms with Gasteiger partial charge in [0.25, 0.3) is 0 Å². The fraction of sp³-hybridized carbons (Fsp3) is 0.280. The molecule has 0 spiro atoms. The number of aromatic nitrogens is 1. The molecular weight excluding hydrogens is 450 g/mol. The molecule has 1 atom stereocenters. The quantitative estimate of drug-likeness (QED) is 0.245. The Hall–Kier alpha value is -3.83. The van der Waals surface area contributed by atoms with E-state index in [-0.39, 0.29) is 18.0 Å². The van der Waals surface area contributed by atoms with E-state index in [1.165, 1.54) is 0 Å². The molecule has 2 amide bonds. The van der Waals surface area contributed by atoms with Crippen molar-refractivity contribution in [2.45, 2.75) is 19.9 Å². The van der Waals surface area contributed by atoms with Crippen LogP contribution in [0.15, 0.2) is 65.8 Å². The second-order valence-electron chi connectivity index (χ2n) is 8.41. The summed E-state index contributed by atoms with van der Waals surface area (Å²) in [7, 11) is 0. The maximum absolute atomic E-state index is 12.9. The van der Waals surface area contributed by atoms with Gasteiger partial charge in [0, 0.05) is 41.9 Å². The number of amides is 2. The molecule has 34 heavy (non-hydrogen) atoms. The van der Waals surface area contributed by atoms with E-state index >= 15 is 0 Å². The predicted octanol–water partition coefficient (Wildman–Crippen LogP) is 4.82. The number of hydrogen-bond acceptors (Lipinski definition) is 4. The zero-order valence-electron chi connectivity index (χ0n) is 19.1. The van der Waals surface area contributed by atoms with Crippen molar-refractivity contribution in [3.05, 3.63) is 65.8 Å². The van der Waals surface area contributed by atoms with Gasteiger partial charge in [-0.2, -0.15) is 5.26 Å². The van der Waals surface area contributed by atoms with E-state index < -0.39 is 0 Å². The summed E-state index contributed by atoms with van der Waals surface area (Å²) in [4.78, 5) is 26.0. The number of urea groups is 1. The molecule has 174 valence electrons. The van der Waals surface area contributed by atoms with Crippen LogP contribution in [0.2, 0.25) is 5.02 Å². The average Bonchev–Trinajstić information content (AvgIpc) is 2.85. The standard InChI is InChI=1S/C25H26ClN7O/c1-17(2)23-15-32(25(34)30-19-10-8-18(26)9-11-19)13-14-33(23)24(29-16-27)31-22-7-3-6-21-20(22)5-4-12-28-21/h3-12,17,23H,13-15H2,1-2H3,(H,29,31)(H,30,34)/t23-/m1/s1. The fourth-order valence-corrected chi connectivity index (χ4v) is 4.20. The molecule has 0 unspecified atom stereocenters. The summed E-state index contributed by atoms with van der Waals surface area (Å²) in [5.41, 5.74) is 2.26. The maximum atomic E-state index is 12.9. The largest absolute Gasteiger partial charge is 0.335 e. The molecule has 0 radical (unpaired) electrons. The number of hydrogen-bond donors (Lipinski definition) is 2. The molecule has 1 aliphatic heterocycles. The van der Waals surface area contributed by atoms with Crippen molar-refractivity contribution >= 4 is 45.9 Å². The van der Waals surface area contributed by atoms with E-state index in [9.17, 15) is 10.1 Å². The predicted molar refractivity (Wildman–Crippen MR) is 135 cm³/mol. The van der Waals surface area contributed by atoms with Crippen LogP contribution in [0, 0.1) is 17.4 Å². The smallest absolute Gasteiger partial charge is 0.321 e. The highest BCUT2D eigenvalue weighted by atomic mass is 35.5. The number of halogens is 1. The average molecular weight is 476 g/mol. The Labute approximate surface area is 203 Å². The van der Waals surface area contributed by atoms with Gasteiger partial charge in [-0.3, -0.25) is 10.3 Å². The van der Waals surface area contributed by atoms with Crippen LogP contribution >= 0.6 is 11.6 Å². The molecule has 2 aromatic carbocycles. The van der Waals surface area contributed by atoms with Crippen molar-refractivity contribution in [1.82, 2.24) is 20.1 Å². The van der Waals surface area contributed by atoms with Crippen molar-refractivity contribution in [1.29, 1.82) is 5.26 Å². The number of pyridine rings is 1. The van der Waals surface area contributed by atoms with Gasteiger partial charge in [0.15, 0.2) is 6.19 Å². The molecule has 2 heterocycles. The Morgan fingerprint density at radius 3 is 2.71 bits per heavy atom. The van der Waals surface area contributed by atoms with Gasteiger partial charge in [-0.15, -0.1) is 0 Å². The van der Waals surface area contributed by atoms with Gasteiger partial charge in [-0.1, -0.05) is 31.5 Å². The van der Waals surface area contributed by atoms with Crippen molar-refractivity contribution in [2.24, 2.45) is 10.9 Å². The van der Waals surface area contributed by atoms with Crippen LogP contribution in [0.5, 0.6) is 0 Å². The zero-order valence-corrected chi connectivity index (χ0v) is 19.8. The molecule has 1 fully saturated rings. The fourth-order valence-electron chi connectivity index (χ4n) is 4.08. The Morgan fingerprint density at radius 1 is 1.18 bits per heavy atom. The summed E-state index contributed by atoms with van der Waals surface area (Å²) >= 11 is 5.94. The molecule has 1 aromatic heterocycles. The van der Waals surface area contributed by atoms with Crippen LogP contribution in [0.4, 0.5) is 16.2 Å². The monoisotopic (exact) mass is 475 g/mol. The number of aliphatic imine (C=N–C) groups is 1. The first-order valence-electron chi connectivity index (χ1n) is 11.1. The summed E-state index contributed by atoms with van der Waals surface area (Å²) < 4.78 is 0. The molecule has 3 aromatic rings. The van der Waals surface area contributed by atoms with E-state index in [0.29, 0.717) is 36.3 Å². The number of nitrogens with one attached hydrogen (secondary N) is 2. The zero-order chi connectivity index (χ0) is 24.1. The summed E-state index contributed by atoms with van der Waals surface area (Å²) in [5.74, 6) is 0.682. The minimum absolute atomic E-state index is 0.0302. The third-order valence-corrected chi connectivity index (χ3v) is 6.11. The summed E-state index contributed by atoms with van der Waals surface area (Å²) in [6, 6.07) is 16.4. The summed E-state index contributed by atoms with van der Waals surface area (Å²) in [6.07, 6.45) is 3.77. The van der Waals surface area contributed by atoms with E-state index in [1.54, 1.807) is 35.4 Å². The van der Waals surface area contributed by atoms with E-state index in [2.05, 4.69) is 34.4 Å². The Kier molecular flexibility index (Phi) is 7.14. The highest BCUT2D eigenvalue weighted by Crippen LogP contribution is 2.26. The molecule has 1 aliphatic rings. The van der Waals surface area contributed by atoms with Crippen molar-refractivity contribution in [3.63, 3.8) is 0 Å². The van der Waals surface area contributed by atoms with E-state index in [1.807, 2.05) is 36.5 Å². The number of benzene rings is 2. The lowest BCUT2D eigenvalue weighted by molar-refractivity contribution is 0.118. The lowest BCUT2D eigenvalue weighted by Gasteiger charge is -2.44. The number of guanidine groups is 1. The topological polar surface area (TPSA) is 96.7 Å². The minimum Gasteiger partial charge on any atom is -0.335 e. The minimum atomic E-state index is -0.167. The lowest BCUT2D eigenvalue weighted by Crippen LogP contribution is -2.60. The summed E-state index contributed by atoms with van der Waals surface area (Å²) in [6.45, 7) is 5.73. The third kappa shape index (κ3) is 5.21. The van der Waals surface area contributed by atoms with Gasteiger partial charge in [0.2, 0.25) is 5.96 Å². The number of carbonyl (C=O) groups excluding carboxylic acids is 1. The second-order valence-corrected chi connectivity index (χ2v) is 8.84. The number of carbonyl (C=O) groups is 1. The van der Waals surface area contributed by atoms with E-state index in [4.69, 9.17) is 16.6 Å². The molecule has 8 nitrogen and oxygen atoms in total. The van der Waals surface area contributed by atoms with Crippen LogP contribution < -0.4 is 10.6 Å². The first-order valence-corrected chi connectivity index (χ1v) is 11.5. The number of fused-ring (bicyclic) bond motifs is 1. The van der Waals surface area contributed by atoms with Gasteiger partial charge in [-0.25, -0.2) is 9.79 Å². The Balaban J connectivity index is 1.57. The SMILES string of the molecule is CC(C)[C@H]1CN(C(=O)Nc2ccc(Cl)cc2)CCN1C(=Nc1cccc2ncccc12)NC#N. The van der Waals surface area contributed by atoms with Gasteiger partial charge in [0.05, 0.1) is 17.2 Å². The van der Waals surface area contributed by atoms with Crippen molar-refractivity contribution in [2.75, 3.05) is 25.0 Å². The highest BCUT2D eigenvalue weighted by Gasteiger charge is 2.33. The number of rotatable bonds is 3. The Bertz CT molecular complexity index is 1230. The van der Waals surface area contributed by atoms with E-state index in [0.717, 1.165) is 16.6 Å². The molecule has 0 bridgehead atoms. The molecule has 9 heteroatoms. The van der Waals surface area contributed by atoms with Crippen LogP contribution in [0.3, 0.4) is 0 Å². The molecule has 0 saturated carbocycles. The van der Waals surface area contributed by atoms with Crippen LogP contribution in [-0.4, -0.2) is 52.5 Å². The first kappa shape index (κ1) is 23.3. The van der Waals surface area contributed by atoms with Crippen LogP contribution in [0.1, 0.15) is 13.8 Å². The Morgan fingerprint density at radius 2 is 1.97 bits per heavy atom. The molecule has 2 N–H and O–H groups in total. The molecule has 1 saturated heterocycles. The van der Waals surface area contributed by atoms with Crippen molar-refractivity contribution in [3.8, 4) is 6.19 Å². The molecule has 4 rings (SSSR count). The first-order chi connectivity index (χ1) is 16.5. The normalized spacial score (nSPS) is 16.4. The van der Waals surface area contributed by atoms with Gasteiger partial charge >= 0.3 is 6.03 Å². The van der Waals surface area contributed by atoms with Gasteiger partial charge < -0.3 is 15.1 Å². The second kappa shape index (κ2) is 10.4. The number of nitriles is 1. The third-order valence-electron chi connectivity index (χ3n) is 5.86. The van der Waals surface area contributed by atoms with Crippen LogP contribution in [0.25, 0.3) is 10.9 Å². The highest BCUT2D eigenvalue weighted by molar-refractivity contribution is 6.30. The van der Waals surface area contributed by atoms with Gasteiger partial charge in [-0.05, 0) is 54.4 Å². The molecule has 0 aliphatic carbocycles. The van der Waals surface area contributed by atoms with Gasteiger partial charge in [0.1, 0.15) is 0 Å². The number of nitrogens with zero attached hydrogens (tertiary/aromatic N) is 5.